The van der Waals surface area contributed by atoms with Crippen molar-refractivity contribution in [1.82, 2.24) is 14.8 Å². The van der Waals surface area contributed by atoms with Crippen molar-refractivity contribution in [1.29, 1.82) is 0 Å². The average molecular weight is 263 g/mol. The Morgan fingerprint density at radius 3 is 2.58 bits per heavy atom. The van der Waals surface area contributed by atoms with E-state index in [4.69, 9.17) is 0 Å². The molecule has 1 aromatic carbocycles. The molecule has 0 amide bonds. The van der Waals surface area contributed by atoms with Crippen LogP contribution in [0, 0.1) is 18.7 Å². The maximum Gasteiger partial charge on any atom is 0.164 e. The Balaban J connectivity index is 2.51. The average Bonchev–Trinajstić information content (AvgIpc) is 2.69. The van der Waals surface area contributed by atoms with Gasteiger partial charge in [0.1, 0.15) is 12.4 Å². The third kappa shape index (κ3) is 2.98. The highest BCUT2D eigenvalue weighted by Gasteiger charge is 2.15. The minimum Gasteiger partial charge on any atom is -0.388 e. The summed E-state index contributed by atoms with van der Waals surface area (Å²) in [6, 6.07) is 4.78. The van der Waals surface area contributed by atoms with Crippen LogP contribution in [0.25, 0.3) is 11.4 Å². The lowest BCUT2D eigenvalue weighted by atomic mass is 10.1. The summed E-state index contributed by atoms with van der Waals surface area (Å²) < 4.78 is 15.3. The first-order valence-electron chi connectivity index (χ1n) is 6.31. The second-order valence-corrected chi connectivity index (χ2v) is 5.12. The van der Waals surface area contributed by atoms with Crippen molar-refractivity contribution in [3.8, 4) is 11.4 Å². The van der Waals surface area contributed by atoms with Crippen LogP contribution in [0.15, 0.2) is 18.2 Å². The van der Waals surface area contributed by atoms with Crippen molar-refractivity contribution in [3.63, 3.8) is 0 Å². The molecule has 0 fully saturated rings. The van der Waals surface area contributed by atoms with E-state index in [1.807, 2.05) is 17.6 Å². The zero-order chi connectivity index (χ0) is 14.0. The van der Waals surface area contributed by atoms with Crippen molar-refractivity contribution < 1.29 is 9.50 Å². The van der Waals surface area contributed by atoms with Gasteiger partial charge in [-0.3, -0.25) is 0 Å². The first kappa shape index (κ1) is 13.7. The van der Waals surface area contributed by atoms with Crippen molar-refractivity contribution >= 4 is 0 Å². The largest absolute Gasteiger partial charge is 0.388 e. The summed E-state index contributed by atoms with van der Waals surface area (Å²) in [5, 5.41) is 17.3. The number of rotatable bonds is 4. The van der Waals surface area contributed by atoms with Crippen LogP contribution in [0.1, 0.15) is 25.2 Å². The smallest absolute Gasteiger partial charge is 0.164 e. The lowest BCUT2D eigenvalue weighted by molar-refractivity contribution is 0.262. The number of halogens is 1. The zero-order valence-electron chi connectivity index (χ0n) is 11.4. The van der Waals surface area contributed by atoms with E-state index >= 15 is 0 Å². The maximum atomic E-state index is 13.5. The van der Waals surface area contributed by atoms with Gasteiger partial charge >= 0.3 is 0 Å². The molecule has 1 N–H and O–H groups in total. The summed E-state index contributed by atoms with van der Waals surface area (Å²) in [5.41, 5.74) is 1.52. The fourth-order valence-corrected chi connectivity index (χ4v) is 2.09. The third-order valence-electron chi connectivity index (χ3n) is 2.82. The number of aliphatic hydroxyl groups is 1. The molecule has 0 saturated heterocycles. The fourth-order valence-electron chi connectivity index (χ4n) is 2.09. The molecule has 2 rings (SSSR count). The maximum absolute atomic E-state index is 13.5. The SMILES string of the molecule is Cc1cc(F)cc(-c2nnc(CO)n2CC(C)C)c1. The number of hydrogen-bond acceptors (Lipinski definition) is 3. The standard InChI is InChI=1S/C14H18FN3O/c1-9(2)7-18-13(8-19)16-17-14(18)11-4-10(3)5-12(15)6-11/h4-6,9,19H,7-8H2,1-3H3. The molecule has 0 unspecified atom stereocenters. The number of aryl methyl sites for hydroxylation is 1. The van der Waals surface area contributed by atoms with Crippen LogP contribution in [-0.4, -0.2) is 19.9 Å². The van der Waals surface area contributed by atoms with Crippen LogP contribution < -0.4 is 0 Å². The van der Waals surface area contributed by atoms with Gasteiger partial charge in [0.15, 0.2) is 11.6 Å². The molecule has 19 heavy (non-hydrogen) atoms. The van der Waals surface area contributed by atoms with E-state index in [-0.39, 0.29) is 12.4 Å². The first-order chi connectivity index (χ1) is 9.01. The Labute approximate surface area is 111 Å². The predicted octanol–water partition coefficient (Wildman–Crippen LogP) is 2.54. The van der Waals surface area contributed by atoms with Gasteiger partial charge in [-0.2, -0.15) is 0 Å². The Hall–Kier alpha value is -1.75. The number of benzene rings is 1. The van der Waals surface area contributed by atoms with E-state index in [9.17, 15) is 9.50 Å². The van der Waals surface area contributed by atoms with Crippen molar-refractivity contribution in [2.75, 3.05) is 0 Å². The van der Waals surface area contributed by atoms with Crippen molar-refractivity contribution in [2.24, 2.45) is 5.92 Å². The number of aliphatic hydroxyl groups excluding tert-OH is 1. The quantitative estimate of drug-likeness (QED) is 0.922. The summed E-state index contributed by atoms with van der Waals surface area (Å²) in [7, 11) is 0. The second-order valence-electron chi connectivity index (χ2n) is 5.12. The molecule has 1 aromatic heterocycles. The van der Waals surface area contributed by atoms with Crippen molar-refractivity contribution in [3.05, 3.63) is 35.4 Å². The second kappa shape index (κ2) is 5.48. The fraction of sp³-hybridized carbons (Fsp3) is 0.429. The van der Waals surface area contributed by atoms with Gasteiger partial charge in [0.05, 0.1) is 0 Å². The number of hydrogen-bond donors (Lipinski definition) is 1. The van der Waals surface area contributed by atoms with E-state index in [0.717, 1.165) is 5.56 Å². The van der Waals surface area contributed by atoms with E-state index in [1.165, 1.54) is 12.1 Å². The molecule has 102 valence electrons. The van der Waals surface area contributed by atoms with Crippen LogP contribution in [0.3, 0.4) is 0 Å². The monoisotopic (exact) mass is 263 g/mol. The van der Waals surface area contributed by atoms with Crippen LogP contribution in [-0.2, 0) is 13.2 Å². The minimum absolute atomic E-state index is 0.173. The molecule has 0 spiro atoms. The molecule has 1 heterocycles. The van der Waals surface area contributed by atoms with Gasteiger partial charge in [0.2, 0.25) is 0 Å². The molecule has 0 saturated carbocycles. The lowest BCUT2D eigenvalue weighted by Gasteiger charge is -2.12. The zero-order valence-corrected chi connectivity index (χ0v) is 11.4. The minimum atomic E-state index is -0.292. The number of aromatic nitrogens is 3. The Kier molecular flexibility index (Phi) is 3.95. The summed E-state index contributed by atoms with van der Waals surface area (Å²) in [5.74, 6) is 1.19. The normalized spacial score (nSPS) is 11.3. The van der Waals surface area contributed by atoms with Crippen LogP contribution in [0.5, 0.6) is 0 Å². The molecule has 0 aliphatic heterocycles. The number of nitrogens with zero attached hydrogens (tertiary/aromatic N) is 3. The van der Waals surface area contributed by atoms with Gasteiger partial charge in [-0.05, 0) is 36.6 Å². The molecule has 0 bridgehead atoms. The predicted molar refractivity (Wildman–Crippen MR) is 70.9 cm³/mol. The topological polar surface area (TPSA) is 50.9 Å². The first-order valence-corrected chi connectivity index (χ1v) is 6.31. The summed E-state index contributed by atoms with van der Waals surface area (Å²) in [6.07, 6.45) is 0. The van der Waals surface area contributed by atoms with Crippen LogP contribution >= 0.6 is 0 Å². The summed E-state index contributed by atoms with van der Waals surface area (Å²) in [4.78, 5) is 0. The van der Waals surface area contributed by atoms with Gasteiger partial charge in [0.25, 0.3) is 0 Å². The Morgan fingerprint density at radius 2 is 2.00 bits per heavy atom. The molecular formula is C14H18FN3O. The highest BCUT2D eigenvalue weighted by molar-refractivity contribution is 5.56. The van der Waals surface area contributed by atoms with Gasteiger partial charge < -0.3 is 9.67 Å². The van der Waals surface area contributed by atoms with E-state index < -0.39 is 0 Å². The lowest BCUT2D eigenvalue weighted by Crippen LogP contribution is -2.10. The summed E-state index contributed by atoms with van der Waals surface area (Å²) in [6.45, 7) is 6.49. The van der Waals surface area contributed by atoms with Crippen molar-refractivity contribution in [2.45, 2.75) is 33.9 Å². The molecule has 5 heteroatoms. The van der Waals surface area contributed by atoms with Crippen LogP contribution in [0.4, 0.5) is 4.39 Å². The van der Waals surface area contributed by atoms with E-state index in [0.29, 0.717) is 29.7 Å². The third-order valence-corrected chi connectivity index (χ3v) is 2.82. The molecular weight excluding hydrogens is 245 g/mol. The highest BCUT2D eigenvalue weighted by Crippen LogP contribution is 2.22. The molecule has 2 aromatic rings. The Bertz CT molecular complexity index is 558. The van der Waals surface area contributed by atoms with Gasteiger partial charge in [-0.15, -0.1) is 10.2 Å². The Morgan fingerprint density at radius 1 is 1.26 bits per heavy atom. The highest BCUT2D eigenvalue weighted by atomic mass is 19.1. The molecule has 0 radical (unpaired) electrons. The molecule has 0 aliphatic rings. The van der Waals surface area contributed by atoms with Gasteiger partial charge in [-0.25, -0.2) is 4.39 Å². The molecule has 0 atom stereocenters. The van der Waals surface area contributed by atoms with E-state index in [2.05, 4.69) is 24.0 Å². The van der Waals surface area contributed by atoms with Gasteiger partial charge in [0, 0.05) is 12.1 Å². The summed E-state index contributed by atoms with van der Waals surface area (Å²) >= 11 is 0. The molecule has 0 aliphatic carbocycles. The van der Waals surface area contributed by atoms with Gasteiger partial charge in [-0.1, -0.05) is 13.8 Å². The van der Waals surface area contributed by atoms with E-state index in [1.54, 1.807) is 0 Å². The molecule has 4 nitrogen and oxygen atoms in total. The van der Waals surface area contributed by atoms with Crippen LogP contribution in [0.2, 0.25) is 0 Å².